The SMILES string of the molecule is CC(O)CN[C@@H](Cc1ccc(O)cc1)C(=O)O. The number of carbonyl (C=O) groups is 1. The second-order valence-corrected chi connectivity index (χ2v) is 4.02. The Labute approximate surface area is 99.7 Å². The van der Waals surface area contributed by atoms with Crippen molar-refractivity contribution in [1.29, 1.82) is 0 Å². The summed E-state index contributed by atoms with van der Waals surface area (Å²) < 4.78 is 0. The van der Waals surface area contributed by atoms with Crippen molar-refractivity contribution in [3.63, 3.8) is 0 Å². The van der Waals surface area contributed by atoms with Crippen molar-refractivity contribution in [3.05, 3.63) is 29.8 Å². The predicted molar refractivity (Wildman–Crippen MR) is 62.9 cm³/mol. The standard InChI is InChI=1S/C12H17NO4/c1-8(14)7-13-11(12(16)17)6-9-2-4-10(15)5-3-9/h2-5,8,11,13-15H,6-7H2,1H3,(H,16,17)/t8?,11-/m0/s1. The van der Waals surface area contributed by atoms with Crippen LogP contribution in [0.4, 0.5) is 0 Å². The first-order valence-electron chi connectivity index (χ1n) is 5.41. The van der Waals surface area contributed by atoms with Crippen LogP contribution in [-0.2, 0) is 11.2 Å². The van der Waals surface area contributed by atoms with E-state index in [9.17, 15) is 4.79 Å². The Morgan fingerprint density at radius 2 is 1.94 bits per heavy atom. The van der Waals surface area contributed by atoms with Crippen LogP contribution < -0.4 is 5.32 Å². The molecule has 4 N–H and O–H groups in total. The first-order chi connectivity index (χ1) is 7.99. The zero-order valence-corrected chi connectivity index (χ0v) is 9.63. The minimum absolute atomic E-state index is 0.151. The fraction of sp³-hybridized carbons (Fsp3) is 0.417. The van der Waals surface area contributed by atoms with Crippen molar-refractivity contribution in [2.45, 2.75) is 25.5 Å². The summed E-state index contributed by atoms with van der Waals surface area (Å²) in [5.74, 6) is -0.809. The normalized spacial score (nSPS) is 14.2. The Bertz CT molecular complexity index is 361. The number of rotatable bonds is 6. The Balaban J connectivity index is 2.60. The number of carboxylic acid groups (broad SMARTS) is 1. The van der Waals surface area contributed by atoms with Gasteiger partial charge in [-0.3, -0.25) is 4.79 Å². The van der Waals surface area contributed by atoms with Gasteiger partial charge in [-0.2, -0.15) is 0 Å². The molecule has 0 saturated carbocycles. The highest BCUT2D eigenvalue weighted by Gasteiger charge is 2.17. The van der Waals surface area contributed by atoms with Crippen LogP contribution in [-0.4, -0.2) is 40.0 Å². The minimum atomic E-state index is -0.960. The van der Waals surface area contributed by atoms with E-state index in [0.717, 1.165) is 5.56 Å². The van der Waals surface area contributed by atoms with Crippen LogP contribution in [0.2, 0.25) is 0 Å². The summed E-state index contributed by atoms with van der Waals surface area (Å²) in [5, 5.41) is 30.0. The lowest BCUT2D eigenvalue weighted by Gasteiger charge is -2.15. The number of aliphatic hydroxyl groups is 1. The highest BCUT2D eigenvalue weighted by Crippen LogP contribution is 2.11. The predicted octanol–water partition coefficient (Wildman–Crippen LogP) is 0.358. The van der Waals surface area contributed by atoms with Gasteiger partial charge in [0.1, 0.15) is 11.8 Å². The summed E-state index contributed by atoms with van der Waals surface area (Å²) in [5.41, 5.74) is 0.813. The molecule has 0 aliphatic heterocycles. The Kier molecular flexibility index (Phi) is 4.93. The minimum Gasteiger partial charge on any atom is -0.508 e. The van der Waals surface area contributed by atoms with E-state index in [4.69, 9.17) is 15.3 Å². The van der Waals surface area contributed by atoms with Crippen molar-refractivity contribution in [1.82, 2.24) is 5.32 Å². The number of carboxylic acids is 1. The molecule has 5 heteroatoms. The maximum atomic E-state index is 11.0. The van der Waals surface area contributed by atoms with Crippen molar-refractivity contribution in [2.75, 3.05) is 6.54 Å². The molecule has 1 aromatic carbocycles. The average molecular weight is 239 g/mol. The molecule has 0 saturated heterocycles. The Hall–Kier alpha value is -1.59. The molecule has 94 valence electrons. The van der Waals surface area contributed by atoms with Crippen LogP contribution in [0.15, 0.2) is 24.3 Å². The van der Waals surface area contributed by atoms with Crippen LogP contribution in [0.5, 0.6) is 5.75 Å². The number of hydrogen-bond acceptors (Lipinski definition) is 4. The fourth-order valence-corrected chi connectivity index (χ4v) is 1.43. The van der Waals surface area contributed by atoms with Gasteiger partial charge >= 0.3 is 5.97 Å². The summed E-state index contributed by atoms with van der Waals surface area (Å²) >= 11 is 0. The number of nitrogens with one attached hydrogen (secondary N) is 1. The van der Waals surface area contributed by atoms with E-state index in [1.165, 1.54) is 12.1 Å². The van der Waals surface area contributed by atoms with Gasteiger partial charge in [-0.05, 0) is 31.0 Å². The van der Waals surface area contributed by atoms with E-state index < -0.39 is 18.1 Å². The molecule has 17 heavy (non-hydrogen) atoms. The average Bonchev–Trinajstić information content (AvgIpc) is 2.26. The van der Waals surface area contributed by atoms with E-state index in [0.29, 0.717) is 6.42 Å². The molecule has 0 radical (unpaired) electrons. The summed E-state index contributed by atoms with van der Waals surface area (Å²) in [6.45, 7) is 1.82. The quantitative estimate of drug-likeness (QED) is 0.575. The number of aromatic hydroxyl groups is 1. The summed E-state index contributed by atoms with van der Waals surface area (Å²) in [4.78, 5) is 11.0. The van der Waals surface area contributed by atoms with E-state index in [2.05, 4.69) is 5.32 Å². The molecular weight excluding hydrogens is 222 g/mol. The molecule has 0 spiro atoms. The van der Waals surface area contributed by atoms with Gasteiger partial charge in [-0.25, -0.2) is 0 Å². The summed E-state index contributed by atoms with van der Waals surface area (Å²) in [6.07, 6.45) is -0.279. The van der Waals surface area contributed by atoms with Gasteiger partial charge in [0, 0.05) is 6.54 Å². The highest BCUT2D eigenvalue weighted by molar-refractivity contribution is 5.73. The smallest absolute Gasteiger partial charge is 0.321 e. The molecule has 0 aliphatic rings. The fourth-order valence-electron chi connectivity index (χ4n) is 1.43. The van der Waals surface area contributed by atoms with Crippen LogP contribution in [0, 0.1) is 0 Å². The molecule has 0 bridgehead atoms. The maximum Gasteiger partial charge on any atom is 0.321 e. The van der Waals surface area contributed by atoms with Crippen LogP contribution in [0.25, 0.3) is 0 Å². The summed E-state index contributed by atoms with van der Waals surface area (Å²) in [6, 6.07) is 5.64. The van der Waals surface area contributed by atoms with Gasteiger partial charge in [-0.1, -0.05) is 12.1 Å². The van der Waals surface area contributed by atoms with E-state index in [1.54, 1.807) is 19.1 Å². The molecule has 5 nitrogen and oxygen atoms in total. The topological polar surface area (TPSA) is 89.8 Å². The van der Waals surface area contributed by atoms with Gasteiger partial charge in [-0.15, -0.1) is 0 Å². The van der Waals surface area contributed by atoms with Crippen molar-refractivity contribution in [2.24, 2.45) is 0 Å². The second-order valence-electron chi connectivity index (χ2n) is 4.02. The van der Waals surface area contributed by atoms with Gasteiger partial charge < -0.3 is 20.6 Å². The lowest BCUT2D eigenvalue weighted by atomic mass is 10.1. The molecule has 1 unspecified atom stereocenters. The Morgan fingerprint density at radius 3 is 2.41 bits per heavy atom. The first kappa shape index (κ1) is 13.5. The number of aliphatic hydroxyl groups excluding tert-OH is 1. The highest BCUT2D eigenvalue weighted by atomic mass is 16.4. The van der Waals surface area contributed by atoms with E-state index >= 15 is 0 Å². The van der Waals surface area contributed by atoms with Crippen molar-refractivity contribution < 1.29 is 20.1 Å². The summed E-state index contributed by atoms with van der Waals surface area (Å²) in [7, 11) is 0. The van der Waals surface area contributed by atoms with Crippen LogP contribution >= 0.6 is 0 Å². The number of hydrogen-bond donors (Lipinski definition) is 4. The lowest BCUT2D eigenvalue weighted by Crippen LogP contribution is -2.41. The number of phenolic OH excluding ortho intramolecular Hbond substituents is 1. The Morgan fingerprint density at radius 1 is 1.35 bits per heavy atom. The molecule has 0 amide bonds. The number of benzene rings is 1. The lowest BCUT2D eigenvalue weighted by molar-refractivity contribution is -0.139. The van der Waals surface area contributed by atoms with Crippen LogP contribution in [0.3, 0.4) is 0 Å². The third-order valence-electron chi connectivity index (χ3n) is 2.33. The third-order valence-corrected chi connectivity index (χ3v) is 2.33. The van der Waals surface area contributed by atoms with Crippen LogP contribution in [0.1, 0.15) is 12.5 Å². The van der Waals surface area contributed by atoms with Gasteiger partial charge in [0.25, 0.3) is 0 Å². The van der Waals surface area contributed by atoms with Gasteiger partial charge in [0.2, 0.25) is 0 Å². The van der Waals surface area contributed by atoms with Gasteiger partial charge in [0.15, 0.2) is 0 Å². The van der Waals surface area contributed by atoms with Crippen molar-refractivity contribution in [3.8, 4) is 5.75 Å². The number of aliphatic carboxylic acids is 1. The third kappa shape index (κ3) is 4.84. The monoisotopic (exact) mass is 239 g/mol. The number of phenols is 1. The van der Waals surface area contributed by atoms with Crippen molar-refractivity contribution >= 4 is 5.97 Å². The molecule has 0 heterocycles. The zero-order valence-electron chi connectivity index (χ0n) is 9.63. The van der Waals surface area contributed by atoms with E-state index in [1.807, 2.05) is 0 Å². The maximum absolute atomic E-state index is 11.0. The molecule has 0 aliphatic carbocycles. The molecule has 1 aromatic rings. The zero-order chi connectivity index (χ0) is 12.8. The molecule has 0 aromatic heterocycles. The van der Waals surface area contributed by atoms with E-state index in [-0.39, 0.29) is 12.3 Å². The molecule has 0 fully saturated rings. The van der Waals surface area contributed by atoms with Gasteiger partial charge in [0.05, 0.1) is 6.10 Å². The molecular formula is C12H17NO4. The largest absolute Gasteiger partial charge is 0.508 e. The molecule has 2 atom stereocenters. The first-order valence-corrected chi connectivity index (χ1v) is 5.41. The molecule has 1 rings (SSSR count). The second kappa shape index (κ2) is 6.22.